The van der Waals surface area contributed by atoms with Crippen LogP contribution in [0.4, 0.5) is 17.1 Å². The van der Waals surface area contributed by atoms with Crippen LogP contribution in [0.3, 0.4) is 0 Å². The number of ether oxygens (including phenoxy) is 2. The van der Waals surface area contributed by atoms with Gasteiger partial charge in [0.2, 0.25) is 11.8 Å². The molecule has 2 aliphatic rings. The van der Waals surface area contributed by atoms with Crippen LogP contribution in [-0.4, -0.2) is 54.8 Å². The van der Waals surface area contributed by atoms with Gasteiger partial charge in [0, 0.05) is 30.0 Å². The van der Waals surface area contributed by atoms with Gasteiger partial charge < -0.3 is 25.8 Å². The third-order valence-corrected chi connectivity index (χ3v) is 9.70. The van der Waals surface area contributed by atoms with Crippen molar-refractivity contribution in [2.75, 3.05) is 36.6 Å². The summed E-state index contributed by atoms with van der Waals surface area (Å²) in [4.78, 5) is 51.2. The van der Waals surface area contributed by atoms with E-state index in [0.29, 0.717) is 47.8 Å². The lowest BCUT2D eigenvalue weighted by Crippen LogP contribution is -2.47. The molecule has 11 nitrogen and oxygen atoms in total. The van der Waals surface area contributed by atoms with Gasteiger partial charge in [-0.05, 0) is 86.2 Å². The number of nitrogens with two attached hydrogens (primary N) is 1. The largest absolute Gasteiger partial charge is 0.493 e. The molecule has 0 aliphatic carbocycles. The Morgan fingerprint density at radius 2 is 1.52 bits per heavy atom. The number of nitrogen functional groups attached to an aromatic ring is 1. The fraction of sp³-hybridized carbons (Fsp3) is 0.463. The monoisotopic (exact) mass is 711 g/mol. The highest BCUT2D eigenvalue weighted by Crippen LogP contribution is 2.33. The maximum absolute atomic E-state index is 13.3. The Balaban J connectivity index is 0.926. The number of amides is 4. The third-order valence-electron chi connectivity index (χ3n) is 9.70. The van der Waals surface area contributed by atoms with Crippen molar-refractivity contribution in [3.8, 4) is 11.5 Å². The molecule has 11 heteroatoms. The van der Waals surface area contributed by atoms with E-state index in [2.05, 4.69) is 16.0 Å². The zero-order valence-corrected chi connectivity index (χ0v) is 30.6. The van der Waals surface area contributed by atoms with Crippen LogP contribution in [0.5, 0.6) is 11.5 Å². The van der Waals surface area contributed by atoms with Gasteiger partial charge in [0.15, 0.2) is 11.5 Å². The molecule has 1 fully saturated rings. The number of aryl methyl sites for hydroxylation is 1. The van der Waals surface area contributed by atoms with E-state index in [1.54, 1.807) is 19.2 Å². The Hall–Kier alpha value is -5.06. The molecule has 3 aromatic rings. The van der Waals surface area contributed by atoms with Crippen molar-refractivity contribution in [2.24, 2.45) is 0 Å². The number of carbonyl (C=O) groups excluding carboxylic acids is 4. The predicted octanol–water partition coefficient (Wildman–Crippen LogP) is 7.25. The summed E-state index contributed by atoms with van der Waals surface area (Å²) < 4.78 is 11.0. The number of nitrogens with one attached hydrogen (secondary N) is 3. The second-order valence-electron chi connectivity index (χ2n) is 13.7. The highest BCUT2D eigenvalue weighted by atomic mass is 16.5. The average Bonchev–Trinajstić information content (AvgIpc) is 3.36. The molecule has 5 N–H and O–H groups in total. The van der Waals surface area contributed by atoms with E-state index in [-0.39, 0.29) is 36.2 Å². The fourth-order valence-electron chi connectivity index (χ4n) is 6.92. The van der Waals surface area contributed by atoms with Crippen molar-refractivity contribution in [1.82, 2.24) is 10.2 Å². The van der Waals surface area contributed by atoms with Gasteiger partial charge in [-0.1, -0.05) is 63.5 Å². The summed E-state index contributed by atoms with van der Waals surface area (Å²) in [6, 6.07) is 16.7. The number of fused-ring (bicyclic) bond motifs is 1. The molecule has 1 unspecified atom stereocenters. The molecule has 0 bridgehead atoms. The van der Waals surface area contributed by atoms with E-state index < -0.39 is 0 Å². The predicted molar refractivity (Wildman–Crippen MR) is 204 cm³/mol. The zero-order valence-electron chi connectivity index (χ0n) is 30.6. The van der Waals surface area contributed by atoms with Crippen molar-refractivity contribution in [3.05, 3.63) is 76.9 Å². The van der Waals surface area contributed by atoms with E-state index in [4.69, 9.17) is 15.2 Å². The number of benzene rings is 3. The maximum atomic E-state index is 13.3. The van der Waals surface area contributed by atoms with Crippen molar-refractivity contribution in [1.29, 1.82) is 0 Å². The lowest BCUT2D eigenvalue weighted by molar-refractivity contribution is -0.133. The Bertz CT molecular complexity index is 1730. The molecule has 0 aromatic heterocycles. The van der Waals surface area contributed by atoms with Crippen molar-refractivity contribution in [2.45, 2.75) is 103 Å². The molecule has 0 radical (unpaired) electrons. The number of rotatable bonds is 21. The van der Waals surface area contributed by atoms with Crippen LogP contribution in [-0.2, 0) is 22.6 Å². The summed E-state index contributed by atoms with van der Waals surface area (Å²) in [5.74, 6) is 0.0217. The smallest absolute Gasteiger partial charge is 0.263 e. The van der Waals surface area contributed by atoms with Crippen LogP contribution >= 0.6 is 0 Å². The summed E-state index contributed by atoms with van der Waals surface area (Å²) in [6.45, 7) is 3.40. The first-order chi connectivity index (χ1) is 25.3. The van der Waals surface area contributed by atoms with Gasteiger partial charge >= 0.3 is 0 Å². The number of piperidine rings is 1. The number of anilines is 3. The van der Waals surface area contributed by atoms with Crippen LogP contribution in [0, 0.1) is 0 Å². The number of nitrogens with zero attached hydrogens (tertiary/aromatic N) is 1. The van der Waals surface area contributed by atoms with Crippen molar-refractivity contribution in [3.63, 3.8) is 0 Å². The minimum atomic E-state index is -0.383. The third kappa shape index (κ3) is 10.3. The molecule has 1 atom stereocenters. The second-order valence-corrected chi connectivity index (χ2v) is 13.7. The lowest BCUT2D eigenvalue weighted by atomic mass is 9.99. The highest BCUT2D eigenvalue weighted by Gasteiger charge is 2.37. The first-order valence-corrected chi connectivity index (χ1v) is 18.8. The van der Waals surface area contributed by atoms with Gasteiger partial charge in [-0.25, -0.2) is 0 Å². The molecule has 278 valence electrons. The summed E-state index contributed by atoms with van der Waals surface area (Å²) in [5.41, 5.74) is 11.0. The van der Waals surface area contributed by atoms with Gasteiger partial charge in [-0.3, -0.25) is 29.4 Å². The summed E-state index contributed by atoms with van der Waals surface area (Å²) in [7, 11) is 1.57. The minimum absolute atomic E-state index is 0.131. The first-order valence-electron chi connectivity index (χ1n) is 18.8. The molecule has 3 aromatic carbocycles. The molecule has 52 heavy (non-hydrogen) atoms. The van der Waals surface area contributed by atoms with E-state index >= 15 is 0 Å². The highest BCUT2D eigenvalue weighted by molar-refractivity contribution is 6.23. The van der Waals surface area contributed by atoms with Gasteiger partial charge in [-0.2, -0.15) is 0 Å². The number of hydrogen-bond donors (Lipinski definition) is 4. The fourth-order valence-corrected chi connectivity index (χ4v) is 6.92. The first kappa shape index (κ1) is 38.2. The number of hydrogen-bond acceptors (Lipinski definition) is 9. The maximum Gasteiger partial charge on any atom is 0.263 e. The summed E-state index contributed by atoms with van der Waals surface area (Å²) >= 11 is 0. The molecule has 2 aliphatic heterocycles. The number of methoxy groups -OCH3 is 1. The molecule has 5 rings (SSSR count). The molecule has 1 saturated heterocycles. The topological polar surface area (TPSA) is 152 Å². The molecular formula is C41H53N5O6. The van der Waals surface area contributed by atoms with E-state index in [9.17, 15) is 19.2 Å². The minimum Gasteiger partial charge on any atom is -0.493 e. The summed E-state index contributed by atoms with van der Waals surface area (Å²) in [5, 5.41) is 9.10. The average molecular weight is 712 g/mol. The Morgan fingerprint density at radius 3 is 2.23 bits per heavy atom. The molecular weight excluding hydrogens is 658 g/mol. The van der Waals surface area contributed by atoms with Gasteiger partial charge in [0.25, 0.3) is 11.8 Å². The molecule has 0 saturated carbocycles. The quantitative estimate of drug-likeness (QED) is 0.0509. The Labute approximate surface area is 307 Å². The van der Waals surface area contributed by atoms with E-state index in [1.165, 1.54) is 49.8 Å². The molecule has 2 heterocycles. The Morgan fingerprint density at radius 1 is 0.808 bits per heavy atom. The van der Waals surface area contributed by atoms with Crippen LogP contribution in [0.15, 0.2) is 54.6 Å². The molecule has 4 amide bonds. The van der Waals surface area contributed by atoms with Gasteiger partial charge in [0.05, 0.1) is 31.4 Å². The van der Waals surface area contributed by atoms with Crippen molar-refractivity contribution < 1.29 is 28.7 Å². The molecule has 0 spiro atoms. The number of imide groups is 2. The second kappa shape index (κ2) is 19.0. The lowest BCUT2D eigenvalue weighted by Gasteiger charge is -2.23. The van der Waals surface area contributed by atoms with Crippen LogP contribution in [0.1, 0.15) is 116 Å². The van der Waals surface area contributed by atoms with Crippen LogP contribution in [0.25, 0.3) is 0 Å². The van der Waals surface area contributed by atoms with Crippen LogP contribution in [0.2, 0.25) is 0 Å². The Kier molecular flexibility index (Phi) is 13.9. The standard InChI is InChI=1S/C41H53N5O6/c1-3-52-36-25-29(18-20-35(36)51-2)27-46-40(49)32-23-28(24-33(42)38(32)41(46)50)15-12-10-8-6-4-5-7-9-11-13-22-43-30-16-14-17-31(26-30)44-34-19-21-37(47)45-39(34)48/h14,16-18,20,23-26,34,43-44H,3-13,15,19,21-22,27,42H2,1-2H3,(H,45,47,48). The SMILES string of the molecule is CCOc1cc(CN2C(=O)c3cc(CCCCCCCCCCCCNc4cccc(NC5CCC(=O)NC5=O)c4)cc(N)c3C2=O)ccc1OC. The number of unbranched alkanes of at least 4 members (excludes halogenated alkanes) is 9. The van der Waals surface area contributed by atoms with Gasteiger partial charge in [-0.15, -0.1) is 0 Å². The van der Waals surface area contributed by atoms with E-state index in [1.807, 2.05) is 49.4 Å². The van der Waals surface area contributed by atoms with Crippen LogP contribution < -0.4 is 31.2 Å². The number of carbonyl (C=O) groups is 4. The zero-order chi connectivity index (χ0) is 36.9. The van der Waals surface area contributed by atoms with Gasteiger partial charge in [0.1, 0.15) is 6.04 Å². The van der Waals surface area contributed by atoms with Crippen molar-refractivity contribution >= 4 is 40.7 Å². The summed E-state index contributed by atoms with van der Waals surface area (Å²) in [6.07, 6.45) is 13.5. The van der Waals surface area contributed by atoms with E-state index in [0.717, 1.165) is 54.7 Å². The normalized spacial score (nSPS) is 15.4.